The van der Waals surface area contributed by atoms with Gasteiger partial charge in [0.1, 0.15) is 0 Å². The molecule has 4 heterocycles. The molecule has 0 amide bonds. The van der Waals surface area contributed by atoms with Crippen molar-refractivity contribution in [1.82, 2.24) is 19.4 Å². The van der Waals surface area contributed by atoms with Gasteiger partial charge in [-0.3, -0.25) is 4.57 Å². The molecule has 4 rings (SSSR count). The SMILES string of the molecule is S=c1[nH]c2cccnc2n1C1CCN2CCCC2C1. The summed E-state index contributed by atoms with van der Waals surface area (Å²) < 4.78 is 3.07. The molecule has 0 radical (unpaired) electrons. The van der Waals surface area contributed by atoms with E-state index in [0.29, 0.717) is 6.04 Å². The summed E-state index contributed by atoms with van der Waals surface area (Å²) in [5.74, 6) is 0. The lowest BCUT2D eigenvalue weighted by Gasteiger charge is -2.35. The molecular weight excluding hydrogens is 256 g/mol. The average Bonchev–Trinajstić information content (AvgIpc) is 3.00. The third kappa shape index (κ3) is 1.83. The van der Waals surface area contributed by atoms with Gasteiger partial charge in [0.05, 0.1) is 5.52 Å². The Morgan fingerprint density at radius 2 is 2.21 bits per heavy atom. The fourth-order valence-corrected chi connectivity index (χ4v) is 4.08. The van der Waals surface area contributed by atoms with Crippen molar-refractivity contribution in [2.75, 3.05) is 13.1 Å². The zero-order chi connectivity index (χ0) is 12.8. The van der Waals surface area contributed by atoms with E-state index in [2.05, 4.69) is 25.5 Å². The fourth-order valence-electron chi connectivity index (χ4n) is 3.73. The average molecular weight is 274 g/mol. The minimum absolute atomic E-state index is 0.510. The number of H-pyrrole nitrogens is 1. The Labute approximate surface area is 117 Å². The van der Waals surface area contributed by atoms with Crippen LogP contribution in [-0.4, -0.2) is 38.6 Å². The molecule has 2 aliphatic heterocycles. The molecule has 0 saturated carbocycles. The number of fused-ring (bicyclic) bond motifs is 2. The molecule has 0 aromatic carbocycles. The highest BCUT2D eigenvalue weighted by atomic mass is 32.1. The number of rotatable bonds is 1. The maximum atomic E-state index is 5.51. The summed E-state index contributed by atoms with van der Waals surface area (Å²) in [6.07, 6.45) is 6.97. The van der Waals surface area contributed by atoms with Crippen LogP contribution in [-0.2, 0) is 0 Å². The summed E-state index contributed by atoms with van der Waals surface area (Å²) in [6.45, 7) is 2.49. The van der Waals surface area contributed by atoms with Gasteiger partial charge in [-0.25, -0.2) is 4.98 Å². The van der Waals surface area contributed by atoms with Crippen LogP contribution in [0.3, 0.4) is 0 Å². The number of nitrogens with zero attached hydrogens (tertiary/aromatic N) is 3. The van der Waals surface area contributed by atoms with Crippen LogP contribution in [0.4, 0.5) is 0 Å². The Bertz CT molecular complexity index is 659. The van der Waals surface area contributed by atoms with Crippen molar-refractivity contribution in [3.05, 3.63) is 23.1 Å². The van der Waals surface area contributed by atoms with Crippen LogP contribution in [0.2, 0.25) is 0 Å². The summed E-state index contributed by atoms with van der Waals surface area (Å²) in [5, 5.41) is 0. The molecule has 2 atom stereocenters. The lowest BCUT2D eigenvalue weighted by molar-refractivity contribution is 0.156. The van der Waals surface area contributed by atoms with Gasteiger partial charge < -0.3 is 9.88 Å². The van der Waals surface area contributed by atoms with E-state index in [1.807, 2.05) is 12.3 Å². The third-order valence-corrected chi connectivity index (χ3v) is 4.93. The number of hydrogen-bond acceptors (Lipinski definition) is 3. The highest BCUT2D eigenvalue weighted by Gasteiger charge is 2.33. The summed E-state index contributed by atoms with van der Waals surface area (Å²) in [5.41, 5.74) is 2.07. The van der Waals surface area contributed by atoms with Crippen molar-refractivity contribution < 1.29 is 0 Å². The number of hydrogen-bond donors (Lipinski definition) is 1. The second-order valence-electron chi connectivity index (χ2n) is 5.68. The second-order valence-corrected chi connectivity index (χ2v) is 6.07. The van der Waals surface area contributed by atoms with Gasteiger partial charge in [-0.05, 0) is 56.6 Å². The molecule has 2 aromatic heterocycles. The van der Waals surface area contributed by atoms with E-state index in [9.17, 15) is 0 Å². The van der Waals surface area contributed by atoms with E-state index in [-0.39, 0.29) is 0 Å². The molecule has 2 saturated heterocycles. The predicted octanol–water partition coefficient (Wildman–Crippen LogP) is 2.89. The Morgan fingerprint density at radius 1 is 1.26 bits per heavy atom. The Morgan fingerprint density at radius 3 is 3.16 bits per heavy atom. The van der Waals surface area contributed by atoms with E-state index in [1.54, 1.807) is 0 Å². The van der Waals surface area contributed by atoms with Crippen LogP contribution in [0.25, 0.3) is 11.2 Å². The van der Waals surface area contributed by atoms with Gasteiger partial charge >= 0.3 is 0 Å². The van der Waals surface area contributed by atoms with E-state index in [1.165, 1.54) is 38.8 Å². The first-order chi connectivity index (χ1) is 9.33. The number of aromatic amines is 1. The Kier molecular flexibility index (Phi) is 2.70. The lowest BCUT2D eigenvalue weighted by Crippen LogP contribution is -2.38. The quantitative estimate of drug-likeness (QED) is 0.812. The predicted molar refractivity (Wildman–Crippen MR) is 77.8 cm³/mol. The zero-order valence-electron chi connectivity index (χ0n) is 10.9. The monoisotopic (exact) mass is 274 g/mol. The molecule has 0 spiro atoms. The summed E-state index contributed by atoms with van der Waals surface area (Å²) in [4.78, 5) is 10.4. The second kappa shape index (κ2) is 4.42. The molecule has 2 aromatic rings. The number of nitrogens with one attached hydrogen (secondary N) is 1. The lowest BCUT2D eigenvalue weighted by atomic mass is 9.97. The largest absolute Gasteiger partial charge is 0.329 e. The summed E-state index contributed by atoms with van der Waals surface area (Å²) in [7, 11) is 0. The first-order valence-electron chi connectivity index (χ1n) is 7.12. The number of aromatic nitrogens is 3. The van der Waals surface area contributed by atoms with Crippen LogP contribution < -0.4 is 0 Å². The molecule has 19 heavy (non-hydrogen) atoms. The Balaban J connectivity index is 1.74. The normalized spacial score (nSPS) is 27.8. The number of imidazole rings is 1. The van der Waals surface area contributed by atoms with Crippen LogP contribution in [0.1, 0.15) is 31.7 Å². The Hall–Kier alpha value is -1.20. The minimum Gasteiger partial charge on any atom is -0.329 e. The van der Waals surface area contributed by atoms with Crippen molar-refractivity contribution in [2.45, 2.75) is 37.8 Å². The van der Waals surface area contributed by atoms with Gasteiger partial charge in [0, 0.05) is 24.8 Å². The van der Waals surface area contributed by atoms with Crippen LogP contribution >= 0.6 is 12.2 Å². The van der Waals surface area contributed by atoms with Crippen molar-refractivity contribution in [3.8, 4) is 0 Å². The van der Waals surface area contributed by atoms with Crippen molar-refractivity contribution >= 4 is 23.4 Å². The molecule has 5 heteroatoms. The molecule has 1 N–H and O–H groups in total. The molecule has 100 valence electrons. The molecular formula is C14H18N4S. The molecule has 4 nitrogen and oxygen atoms in total. The molecule has 0 bridgehead atoms. The van der Waals surface area contributed by atoms with E-state index in [4.69, 9.17) is 12.2 Å². The molecule has 0 aliphatic carbocycles. The van der Waals surface area contributed by atoms with E-state index >= 15 is 0 Å². The summed E-state index contributed by atoms with van der Waals surface area (Å²) >= 11 is 5.51. The van der Waals surface area contributed by atoms with Crippen molar-refractivity contribution in [1.29, 1.82) is 0 Å². The van der Waals surface area contributed by atoms with E-state index in [0.717, 1.165) is 22.0 Å². The van der Waals surface area contributed by atoms with Gasteiger partial charge in [-0.2, -0.15) is 0 Å². The molecule has 2 unspecified atom stereocenters. The van der Waals surface area contributed by atoms with Crippen LogP contribution in [0.15, 0.2) is 18.3 Å². The van der Waals surface area contributed by atoms with Gasteiger partial charge in [0.15, 0.2) is 10.4 Å². The molecule has 2 fully saturated rings. The maximum absolute atomic E-state index is 5.51. The maximum Gasteiger partial charge on any atom is 0.179 e. The standard InChI is InChI=1S/C14H18N4S/c19-14-16-12-4-1-6-15-13(12)18(14)11-5-8-17-7-2-3-10(17)9-11/h1,4,6,10-11H,2-3,5,7-9H2,(H,16,19). The highest BCUT2D eigenvalue weighted by molar-refractivity contribution is 7.71. The third-order valence-electron chi connectivity index (χ3n) is 4.63. The number of piperidine rings is 1. The topological polar surface area (TPSA) is 36.9 Å². The first-order valence-corrected chi connectivity index (χ1v) is 7.53. The smallest absolute Gasteiger partial charge is 0.179 e. The van der Waals surface area contributed by atoms with E-state index < -0.39 is 0 Å². The van der Waals surface area contributed by atoms with Crippen LogP contribution in [0.5, 0.6) is 0 Å². The number of pyridine rings is 1. The van der Waals surface area contributed by atoms with Crippen molar-refractivity contribution in [2.24, 2.45) is 0 Å². The van der Waals surface area contributed by atoms with Gasteiger partial charge in [-0.15, -0.1) is 0 Å². The van der Waals surface area contributed by atoms with Gasteiger partial charge in [-0.1, -0.05) is 0 Å². The first kappa shape index (κ1) is 11.6. The van der Waals surface area contributed by atoms with Gasteiger partial charge in [0.2, 0.25) is 0 Å². The van der Waals surface area contributed by atoms with Crippen LogP contribution in [0, 0.1) is 4.77 Å². The minimum atomic E-state index is 0.510. The van der Waals surface area contributed by atoms with Crippen molar-refractivity contribution in [3.63, 3.8) is 0 Å². The summed E-state index contributed by atoms with van der Waals surface area (Å²) in [6, 6.07) is 5.28. The zero-order valence-corrected chi connectivity index (χ0v) is 11.7. The fraction of sp³-hybridized carbons (Fsp3) is 0.571. The highest BCUT2D eigenvalue weighted by Crippen LogP contribution is 2.34. The molecule has 2 aliphatic rings. The van der Waals surface area contributed by atoms with Gasteiger partial charge in [0.25, 0.3) is 0 Å².